The van der Waals surface area contributed by atoms with Gasteiger partial charge in [0, 0.05) is 6.07 Å². The SMILES string of the molecule is COc1ccc(NS(=O)(=O)c2cccc(C)c2)c(O)c1. The van der Waals surface area contributed by atoms with E-state index in [4.69, 9.17) is 4.74 Å². The molecule has 20 heavy (non-hydrogen) atoms. The van der Waals surface area contributed by atoms with Crippen LogP contribution in [-0.2, 0) is 10.0 Å². The van der Waals surface area contributed by atoms with Crippen molar-refractivity contribution in [1.82, 2.24) is 0 Å². The van der Waals surface area contributed by atoms with Gasteiger partial charge in [0.2, 0.25) is 0 Å². The van der Waals surface area contributed by atoms with Gasteiger partial charge in [0.1, 0.15) is 11.5 Å². The highest BCUT2D eigenvalue weighted by Crippen LogP contribution is 2.29. The molecule has 0 atom stereocenters. The van der Waals surface area contributed by atoms with Gasteiger partial charge in [0.15, 0.2) is 0 Å². The summed E-state index contributed by atoms with van der Waals surface area (Å²) in [4.78, 5) is 0.146. The molecule has 0 aliphatic carbocycles. The number of phenolic OH excluding ortho intramolecular Hbond substituents is 1. The molecular formula is C14H15NO4S. The van der Waals surface area contributed by atoms with Crippen LogP contribution >= 0.6 is 0 Å². The summed E-state index contributed by atoms with van der Waals surface area (Å²) in [5.74, 6) is 0.251. The van der Waals surface area contributed by atoms with Gasteiger partial charge >= 0.3 is 0 Å². The highest BCUT2D eigenvalue weighted by molar-refractivity contribution is 7.92. The molecule has 6 heteroatoms. The van der Waals surface area contributed by atoms with Crippen LogP contribution in [0.1, 0.15) is 5.56 Å². The van der Waals surface area contributed by atoms with E-state index in [-0.39, 0.29) is 16.3 Å². The van der Waals surface area contributed by atoms with Crippen molar-refractivity contribution >= 4 is 15.7 Å². The molecular weight excluding hydrogens is 278 g/mol. The van der Waals surface area contributed by atoms with Gasteiger partial charge < -0.3 is 9.84 Å². The lowest BCUT2D eigenvalue weighted by atomic mass is 10.2. The van der Waals surface area contributed by atoms with Crippen LogP contribution in [0.2, 0.25) is 0 Å². The zero-order valence-electron chi connectivity index (χ0n) is 11.1. The fourth-order valence-corrected chi connectivity index (χ4v) is 2.89. The average Bonchev–Trinajstić information content (AvgIpc) is 2.41. The number of aromatic hydroxyl groups is 1. The van der Waals surface area contributed by atoms with Crippen LogP contribution in [0.25, 0.3) is 0 Å². The Balaban J connectivity index is 2.33. The molecule has 0 aromatic heterocycles. The lowest BCUT2D eigenvalue weighted by Crippen LogP contribution is -2.13. The average molecular weight is 293 g/mol. The molecule has 2 aromatic carbocycles. The standard InChI is InChI=1S/C14H15NO4S/c1-10-4-3-5-12(8-10)20(17,18)15-13-7-6-11(19-2)9-14(13)16/h3-9,15-16H,1-2H3. The summed E-state index contributed by atoms with van der Waals surface area (Å²) in [6.45, 7) is 1.81. The second kappa shape index (κ2) is 5.42. The summed E-state index contributed by atoms with van der Waals surface area (Å²) in [6, 6.07) is 10.9. The maximum Gasteiger partial charge on any atom is 0.262 e. The van der Waals surface area contributed by atoms with E-state index in [0.717, 1.165) is 5.56 Å². The monoisotopic (exact) mass is 293 g/mol. The minimum absolute atomic E-state index is 0.104. The number of rotatable bonds is 4. The normalized spacial score (nSPS) is 11.1. The molecule has 0 spiro atoms. The van der Waals surface area contributed by atoms with Crippen molar-refractivity contribution in [2.24, 2.45) is 0 Å². The predicted molar refractivity (Wildman–Crippen MR) is 76.6 cm³/mol. The Hall–Kier alpha value is -2.21. The zero-order chi connectivity index (χ0) is 14.8. The van der Waals surface area contributed by atoms with Crippen molar-refractivity contribution in [1.29, 1.82) is 0 Å². The van der Waals surface area contributed by atoms with Crippen molar-refractivity contribution in [3.63, 3.8) is 0 Å². The molecule has 0 fully saturated rings. The molecule has 5 nitrogen and oxygen atoms in total. The minimum Gasteiger partial charge on any atom is -0.506 e. The van der Waals surface area contributed by atoms with Gasteiger partial charge in [0.25, 0.3) is 10.0 Å². The van der Waals surface area contributed by atoms with Crippen LogP contribution in [0.4, 0.5) is 5.69 Å². The van der Waals surface area contributed by atoms with E-state index in [0.29, 0.717) is 5.75 Å². The molecule has 106 valence electrons. The highest BCUT2D eigenvalue weighted by atomic mass is 32.2. The summed E-state index contributed by atoms with van der Waals surface area (Å²) < 4.78 is 31.7. The zero-order valence-corrected chi connectivity index (χ0v) is 11.9. The fraction of sp³-hybridized carbons (Fsp3) is 0.143. The van der Waals surface area contributed by atoms with Crippen LogP contribution < -0.4 is 9.46 Å². The number of aryl methyl sites for hydroxylation is 1. The third-order valence-corrected chi connectivity index (χ3v) is 4.11. The summed E-state index contributed by atoms with van der Waals surface area (Å²) >= 11 is 0. The summed E-state index contributed by atoms with van der Waals surface area (Å²) in [6.07, 6.45) is 0. The van der Waals surface area contributed by atoms with E-state index in [1.165, 1.54) is 25.3 Å². The first kappa shape index (κ1) is 14.2. The largest absolute Gasteiger partial charge is 0.506 e. The Labute approximate surface area is 117 Å². The smallest absolute Gasteiger partial charge is 0.262 e. The molecule has 0 bridgehead atoms. The van der Waals surface area contributed by atoms with Gasteiger partial charge in [0.05, 0.1) is 17.7 Å². The fourth-order valence-electron chi connectivity index (χ4n) is 1.71. The number of hydrogen-bond donors (Lipinski definition) is 2. The third-order valence-electron chi connectivity index (χ3n) is 2.75. The number of sulfonamides is 1. The van der Waals surface area contributed by atoms with Gasteiger partial charge in [-0.05, 0) is 36.8 Å². The second-order valence-corrected chi connectivity index (χ2v) is 5.99. The number of ether oxygens (including phenoxy) is 1. The van der Waals surface area contributed by atoms with Crippen LogP contribution in [0, 0.1) is 6.92 Å². The lowest BCUT2D eigenvalue weighted by molar-refractivity contribution is 0.408. The minimum atomic E-state index is -3.73. The van der Waals surface area contributed by atoms with E-state index in [2.05, 4.69) is 4.72 Å². The first-order chi connectivity index (χ1) is 9.42. The Morgan fingerprint density at radius 2 is 1.90 bits per heavy atom. The molecule has 0 amide bonds. The van der Waals surface area contributed by atoms with Crippen LogP contribution in [0.3, 0.4) is 0 Å². The molecule has 0 aliphatic heterocycles. The van der Waals surface area contributed by atoms with Crippen molar-refractivity contribution < 1.29 is 18.3 Å². The number of nitrogens with one attached hydrogen (secondary N) is 1. The summed E-state index contributed by atoms with van der Waals surface area (Å²) in [5.41, 5.74) is 0.944. The Morgan fingerprint density at radius 3 is 2.50 bits per heavy atom. The third kappa shape index (κ3) is 3.03. The van der Waals surface area contributed by atoms with Gasteiger partial charge in [-0.15, -0.1) is 0 Å². The Morgan fingerprint density at radius 1 is 1.15 bits per heavy atom. The highest BCUT2D eigenvalue weighted by Gasteiger charge is 2.16. The molecule has 0 saturated heterocycles. The summed E-state index contributed by atoms with van der Waals surface area (Å²) in [7, 11) is -2.27. The van der Waals surface area contributed by atoms with E-state index >= 15 is 0 Å². The van der Waals surface area contributed by atoms with Crippen molar-refractivity contribution in [3.8, 4) is 11.5 Å². The van der Waals surface area contributed by atoms with Crippen molar-refractivity contribution in [2.45, 2.75) is 11.8 Å². The Kier molecular flexibility index (Phi) is 3.85. The number of methoxy groups -OCH3 is 1. The molecule has 0 radical (unpaired) electrons. The van der Waals surface area contributed by atoms with Crippen molar-refractivity contribution in [2.75, 3.05) is 11.8 Å². The van der Waals surface area contributed by atoms with Gasteiger partial charge in [-0.3, -0.25) is 4.72 Å². The quantitative estimate of drug-likeness (QED) is 0.849. The molecule has 0 heterocycles. The van der Waals surface area contributed by atoms with Gasteiger partial charge in [-0.1, -0.05) is 12.1 Å². The van der Waals surface area contributed by atoms with E-state index < -0.39 is 10.0 Å². The van der Waals surface area contributed by atoms with Gasteiger partial charge in [-0.2, -0.15) is 0 Å². The number of phenols is 1. The predicted octanol–water partition coefficient (Wildman–Crippen LogP) is 2.51. The summed E-state index contributed by atoms with van der Waals surface area (Å²) in [5, 5.41) is 9.78. The molecule has 2 N–H and O–H groups in total. The van der Waals surface area contributed by atoms with Crippen LogP contribution in [0.5, 0.6) is 11.5 Å². The Bertz CT molecular complexity index is 726. The first-order valence-electron chi connectivity index (χ1n) is 5.89. The van der Waals surface area contributed by atoms with E-state index in [1.807, 2.05) is 13.0 Å². The molecule has 0 unspecified atom stereocenters. The molecule has 0 aliphatic rings. The second-order valence-electron chi connectivity index (χ2n) is 4.31. The number of hydrogen-bond acceptors (Lipinski definition) is 4. The van der Waals surface area contributed by atoms with E-state index in [9.17, 15) is 13.5 Å². The van der Waals surface area contributed by atoms with Crippen molar-refractivity contribution in [3.05, 3.63) is 48.0 Å². The molecule has 0 saturated carbocycles. The first-order valence-corrected chi connectivity index (χ1v) is 7.37. The lowest BCUT2D eigenvalue weighted by Gasteiger charge is -2.11. The maximum absolute atomic E-state index is 12.2. The number of anilines is 1. The topological polar surface area (TPSA) is 75.6 Å². The van der Waals surface area contributed by atoms with Crippen LogP contribution in [0.15, 0.2) is 47.4 Å². The molecule has 2 rings (SSSR count). The van der Waals surface area contributed by atoms with E-state index in [1.54, 1.807) is 18.2 Å². The molecule has 2 aromatic rings. The van der Waals surface area contributed by atoms with Crippen LogP contribution in [-0.4, -0.2) is 20.6 Å². The van der Waals surface area contributed by atoms with Gasteiger partial charge in [-0.25, -0.2) is 8.42 Å². The maximum atomic E-state index is 12.2. The number of benzene rings is 2.